The quantitative estimate of drug-likeness (QED) is 0.516. The molecule has 2 N–H and O–H groups in total. The van der Waals surface area contributed by atoms with Crippen molar-refractivity contribution in [1.29, 1.82) is 0 Å². The van der Waals surface area contributed by atoms with Crippen molar-refractivity contribution in [2.45, 2.75) is 39.4 Å². The van der Waals surface area contributed by atoms with Crippen molar-refractivity contribution < 1.29 is 22.8 Å². The van der Waals surface area contributed by atoms with Gasteiger partial charge in [-0.3, -0.25) is 19.0 Å². The first-order chi connectivity index (χ1) is 15.1. The fourth-order valence-corrected chi connectivity index (χ4v) is 4.13. The van der Waals surface area contributed by atoms with E-state index in [0.717, 1.165) is 40.9 Å². The SMILES string of the molecule is CCCCNC(=O)c1sc2ncn(CC(=O)Nc3cccc(C(F)(F)F)c3)c(=O)c2c1C. The number of alkyl halides is 3. The van der Waals surface area contributed by atoms with Crippen LogP contribution >= 0.6 is 11.3 Å². The number of unbranched alkanes of at least 4 members (excludes halogenated alkanes) is 1. The van der Waals surface area contributed by atoms with Gasteiger partial charge in [0, 0.05) is 12.2 Å². The second-order valence-corrected chi connectivity index (χ2v) is 8.15. The fraction of sp³-hybridized carbons (Fsp3) is 0.333. The minimum Gasteiger partial charge on any atom is -0.351 e. The molecule has 0 unspecified atom stereocenters. The number of halogens is 3. The molecule has 1 aromatic carbocycles. The number of rotatable bonds is 7. The summed E-state index contributed by atoms with van der Waals surface area (Å²) in [5.74, 6) is -0.967. The molecule has 0 radical (unpaired) electrons. The van der Waals surface area contributed by atoms with Gasteiger partial charge in [0.15, 0.2) is 0 Å². The van der Waals surface area contributed by atoms with Gasteiger partial charge in [0.25, 0.3) is 11.5 Å². The predicted molar refractivity (Wildman–Crippen MR) is 116 cm³/mol. The van der Waals surface area contributed by atoms with Crippen LogP contribution in [0, 0.1) is 6.92 Å². The molecule has 0 aliphatic rings. The Labute approximate surface area is 185 Å². The van der Waals surface area contributed by atoms with Gasteiger partial charge in [-0.2, -0.15) is 13.2 Å². The molecule has 0 saturated heterocycles. The molecule has 3 rings (SSSR count). The van der Waals surface area contributed by atoms with Gasteiger partial charge >= 0.3 is 6.18 Å². The zero-order chi connectivity index (χ0) is 23.5. The molecule has 0 aliphatic carbocycles. The maximum Gasteiger partial charge on any atom is 0.416 e. The highest BCUT2D eigenvalue weighted by molar-refractivity contribution is 7.20. The van der Waals surface area contributed by atoms with Gasteiger partial charge in [-0.05, 0) is 37.1 Å². The van der Waals surface area contributed by atoms with E-state index in [-0.39, 0.29) is 17.0 Å². The molecule has 0 atom stereocenters. The van der Waals surface area contributed by atoms with Gasteiger partial charge < -0.3 is 10.6 Å². The van der Waals surface area contributed by atoms with Gasteiger partial charge in [-0.1, -0.05) is 19.4 Å². The Morgan fingerprint density at radius 2 is 2.00 bits per heavy atom. The van der Waals surface area contributed by atoms with Crippen LogP contribution in [0.25, 0.3) is 10.2 Å². The lowest BCUT2D eigenvalue weighted by atomic mass is 10.2. The Hall–Kier alpha value is -3.21. The topological polar surface area (TPSA) is 93.1 Å². The maximum absolute atomic E-state index is 12.9. The average Bonchev–Trinajstić information content (AvgIpc) is 3.07. The highest BCUT2D eigenvalue weighted by Crippen LogP contribution is 2.30. The summed E-state index contributed by atoms with van der Waals surface area (Å²) in [7, 11) is 0. The zero-order valence-electron chi connectivity index (χ0n) is 17.4. The first-order valence-electron chi connectivity index (χ1n) is 9.85. The summed E-state index contributed by atoms with van der Waals surface area (Å²) >= 11 is 1.09. The van der Waals surface area contributed by atoms with E-state index in [1.165, 1.54) is 18.5 Å². The van der Waals surface area contributed by atoms with Gasteiger partial charge in [0.1, 0.15) is 11.4 Å². The molecule has 0 saturated carbocycles. The zero-order valence-corrected chi connectivity index (χ0v) is 18.2. The number of nitrogens with one attached hydrogen (secondary N) is 2. The molecule has 0 fully saturated rings. The summed E-state index contributed by atoms with van der Waals surface area (Å²) in [5.41, 5.74) is -0.960. The second-order valence-electron chi connectivity index (χ2n) is 7.15. The maximum atomic E-state index is 12.9. The number of nitrogens with zero attached hydrogens (tertiary/aromatic N) is 2. The van der Waals surface area contributed by atoms with Crippen LogP contribution < -0.4 is 16.2 Å². The van der Waals surface area contributed by atoms with E-state index >= 15 is 0 Å². The summed E-state index contributed by atoms with van der Waals surface area (Å²) in [5, 5.41) is 5.40. The molecule has 11 heteroatoms. The van der Waals surface area contributed by atoms with Crippen LogP contribution in [0.1, 0.15) is 40.6 Å². The molecule has 0 bridgehead atoms. The number of amides is 2. The van der Waals surface area contributed by atoms with E-state index < -0.39 is 29.8 Å². The lowest BCUT2D eigenvalue weighted by Crippen LogP contribution is -2.28. The molecular weight excluding hydrogens is 445 g/mol. The van der Waals surface area contributed by atoms with Crippen molar-refractivity contribution in [3.05, 3.63) is 57.0 Å². The molecule has 0 aliphatic heterocycles. The number of hydrogen-bond acceptors (Lipinski definition) is 5. The van der Waals surface area contributed by atoms with Gasteiger partial charge in [-0.15, -0.1) is 11.3 Å². The van der Waals surface area contributed by atoms with Crippen LogP contribution in [0.5, 0.6) is 0 Å². The largest absolute Gasteiger partial charge is 0.416 e. The van der Waals surface area contributed by atoms with Gasteiger partial charge in [-0.25, -0.2) is 4.98 Å². The highest BCUT2D eigenvalue weighted by atomic mass is 32.1. The van der Waals surface area contributed by atoms with Crippen LogP contribution in [0.4, 0.5) is 18.9 Å². The average molecular weight is 466 g/mol. The van der Waals surface area contributed by atoms with Gasteiger partial charge in [0.05, 0.1) is 22.2 Å². The summed E-state index contributed by atoms with van der Waals surface area (Å²) in [6, 6.07) is 4.21. The fourth-order valence-electron chi connectivity index (χ4n) is 3.08. The summed E-state index contributed by atoms with van der Waals surface area (Å²) < 4.78 is 39.6. The summed E-state index contributed by atoms with van der Waals surface area (Å²) in [6.07, 6.45) is -1.59. The van der Waals surface area contributed by atoms with Crippen LogP contribution in [-0.4, -0.2) is 27.9 Å². The number of aryl methyl sites for hydroxylation is 1. The third-order valence-corrected chi connectivity index (χ3v) is 5.93. The van der Waals surface area contributed by atoms with E-state index in [9.17, 15) is 27.6 Å². The van der Waals surface area contributed by atoms with Gasteiger partial charge in [0.2, 0.25) is 5.91 Å². The number of anilines is 1. The number of thiophene rings is 1. The third-order valence-electron chi connectivity index (χ3n) is 4.73. The minimum atomic E-state index is -4.54. The van der Waals surface area contributed by atoms with Crippen molar-refractivity contribution in [3.63, 3.8) is 0 Å². The normalized spacial score (nSPS) is 11.5. The number of carbonyl (C=O) groups is 2. The number of fused-ring (bicyclic) bond motifs is 1. The highest BCUT2D eigenvalue weighted by Gasteiger charge is 2.30. The number of aromatic nitrogens is 2. The van der Waals surface area contributed by atoms with Crippen molar-refractivity contribution in [2.75, 3.05) is 11.9 Å². The van der Waals surface area contributed by atoms with E-state index in [4.69, 9.17) is 0 Å². The molecule has 2 amide bonds. The second kappa shape index (κ2) is 9.51. The molecule has 32 heavy (non-hydrogen) atoms. The van der Waals surface area contributed by atoms with E-state index in [0.29, 0.717) is 21.8 Å². The predicted octanol–water partition coefficient (Wildman–Crippen LogP) is 3.95. The molecule has 170 valence electrons. The minimum absolute atomic E-state index is 0.0374. The molecule has 2 aromatic heterocycles. The number of hydrogen-bond donors (Lipinski definition) is 2. The smallest absolute Gasteiger partial charge is 0.351 e. The first-order valence-corrected chi connectivity index (χ1v) is 10.7. The lowest BCUT2D eigenvalue weighted by molar-refractivity contribution is -0.137. The molecule has 3 aromatic rings. The third kappa shape index (κ3) is 5.16. The van der Waals surface area contributed by atoms with Crippen LogP contribution in [-0.2, 0) is 17.5 Å². The van der Waals surface area contributed by atoms with Crippen molar-refractivity contribution in [1.82, 2.24) is 14.9 Å². The van der Waals surface area contributed by atoms with E-state index in [1.54, 1.807) is 6.92 Å². The van der Waals surface area contributed by atoms with E-state index in [2.05, 4.69) is 15.6 Å². The number of carbonyl (C=O) groups excluding carboxylic acids is 2. The Morgan fingerprint density at radius 3 is 2.69 bits per heavy atom. The monoisotopic (exact) mass is 466 g/mol. The molecule has 7 nitrogen and oxygen atoms in total. The Bertz CT molecular complexity index is 1220. The first kappa shape index (κ1) is 23.5. The van der Waals surface area contributed by atoms with Crippen LogP contribution in [0.2, 0.25) is 0 Å². The molecule has 2 heterocycles. The standard InChI is InChI=1S/C21H21F3N4O3S/c1-3-4-8-25-18(30)17-12(2)16-19(32-17)26-11-28(20(16)31)10-15(29)27-14-7-5-6-13(9-14)21(22,23)24/h5-7,9,11H,3-4,8,10H2,1-2H3,(H,25,30)(H,27,29). The van der Waals surface area contributed by atoms with Crippen LogP contribution in [0.15, 0.2) is 35.4 Å². The van der Waals surface area contributed by atoms with Crippen molar-refractivity contribution in [2.24, 2.45) is 0 Å². The summed E-state index contributed by atoms with van der Waals surface area (Å²) in [4.78, 5) is 42.6. The van der Waals surface area contributed by atoms with E-state index in [1.807, 2.05) is 6.92 Å². The Kier molecular flexibility index (Phi) is 6.97. The van der Waals surface area contributed by atoms with Crippen molar-refractivity contribution >= 4 is 39.1 Å². The van der Waals surface area contributed by atoms with Crippen LogP contribution in [0.3, 0.4) is 0 Å². The number of benzene rings is 1. The lowest BCUT2D eigenvalue weighted by Gasteiger charge is -2.10. The molecule has 0 spiro atoms. The Balaban J connectivity index is 1.80. The summed E-state index contributed by atoms with van der Waals surface area (Å²) in [6.45, 7) is 3.73. The van der Waals surface area contributed by atoms with Crippen molar-refractivity contribution in [3.8, 4) is 0 Å². The molecular formula is C21H21F3N4O3S. The Morgan fingerprint density at radius 1 is 1.25 bits per heavy atom.